The molecule has 6 heteroatoms. The van der Waals surface area contributed by atoms with Crippen LogP contribution in [0.5, 0.6) is 5.75 Å². The molecule has 2 N–H and O–H groups in total. The van der Waals surface area contributed by atoms with E-state index >= 15 is 0 Å². The van der Waals surface area contributed by atoms with E-state index in [-0.39, 0.29) is 24.4 Å². The van der Waals surface area contributed by atoms with E-state index in [4.69, 9.17) is 10.5 Å². The van der Waals surface area contributed by atoms with E-state index in [0.717, 1.165) is 41.7 Å². The number of methoxy groups -OCH3 is 1. The quantitative estimate of drug-likeness (QED) is 0.827. The van der Waals surface area contributed by atoms with Gasteiger partial charge in [-0.05, 0) is 37.1 Å². The highest BCUT2D eigenvalue weighted by atomic mass is 79.9. The van der Waals surface area contributed by atoms with Crippen LogP contribution in [0.25, 0.3) is 6.08 Å². The molecule has 2 rings (SSSR count). The van der Waals surface area contributed by atoms with Gasteiger partial charge in [-0.25, -0.2) is 0 Å². The molecule has 1 saturated heterocycles. The van der Waals surface area contributed by atoms with Crippen molar-refractivity contribution in [3.63, 3.8) is 0 Å². The van der Waals surface area contributed by atoms with Gasteiger partial charge >= 0.3 is 0 Å². The molecule has 1 amide bonds. The molecule has 116 valence electrons. The van der Waals surface area contributed by atoms with Gasteiger partial charge in [-0.2, -0.15) is 0 Å². The number of halogens is 2. The summed E-state index contributed by atoms with van der Waals surface area (Å²) >= 11 is 3.42. The smallest absolute Gasteiger partial charge is 0.246 e. The maximum absolute atomic E-state index is 12.1. The second-order valence-corrected chi connectivity index (χ2v) is 5.80. The first-order valence-electron chi connectivity index (χ1n) is 6.66. The molecule has 21 heavy (non-hydrogen) atoms. The average Bonchev–Trinajstić information content (AvgIpc) is 2.45. The highest BCUT2D eigenvalue weighted by Crippen LogP contribution is 2.24. The minimum Gasteiger partial charge on any atom is -0.496 e. The maximum Gasteiger partial charge on any atom is 0.246 e. The summed E-state index contributed by atoms with van der Waals surface area (Å²) < 4.78 is 6.23. The van der Waals surface area contributed by atoms with Crippen LogP contribution in [0.2, 0.25) is 0 Å². The van der Waals surface area contributed by atoms with Crippen LogP contribution in [-0.2, 0) is 4.79 Å². The number of hydrogen-bond acceptors (Lipinski definition) is 3. The molecule has 1 aromatic rings. The lowest BCUT2D eigenvalue weighted by Gasteiger charge is -2.29. The van der Waals surface area contributed by atoms with Gasteiger partial charge in [0.25, 0.3) is 0 Å². The van der Waals surface area contributed by atoms with Crippen molar-refractivity contribution in [3.8, 4) is 5.75 Å². The van der Waals surface area contributed by atoms with Crippen molar-refractivity contribution in [3.05, 3.63) is 34.3 Å². The second-order valence-electron chi connectivity index (χ2n) is 4.88. The highest BCUT2D eigenvalue weighted by molar-refractivity contribution is 9.10. The van der Waals surface area contributed by atoms with E-state index in [0.29, 0.717) is 0 Å². The molecule has 0 spiro atoms. The lowest BCUT2D eigenvalue weighted by molar-refractivity contribution is -0.126. The van der Waals surface area contributed by atoms with Crippen molar-refractivity contribution < 1.29 is 9.53 Å². The van der Waals surface area contributed by atoms with Crippen LogP contribution in [0, 0.1) is 0 Å². The molecule has 1 heterocycles. The van der Waals surface area contributed by atoms with E-state index in [9.17, 15) is 4.79 Å². The molecule has 4 nitrogen and oxygen atoms in total. The second kappa shape index (κ2) is 8.41. The number of rotatable bonds is 3. The van der Waals surface area contributed by atoms with E-state index in [1.165, 1.54) is 0 Å². The Labute approximate surface area is 139 Å². The van der Waals surface area contributed by atoms with Gasteiger partial charge < -0.3 is 15.4 Å². The Morgan fingerprint density at radius 2 is 2.10 bits per heavy atom. The van der Waals surface area contributed by atoms with Gasteiger partial charge in [0.05, 0.1) is 7.11 Å². The summed E-state index contributed by atoms with van der Waals surface area (Å²) in [6, 6.07) is 5.93. The number of carbonyl (C=O) groups is 1. The fraction of sp³-hybridized carbons (Fsp3) is 0.400. The van der Waals surface area contributed by atoms with Crippen LogP contribution in [-0.4, -0.2) is 37.0 Å². The van der Waals surface area contributed by atoms with E-state index < -0.39 is 0 Å². The number of hydrogen-bond donors (Lipinski definition) is 1. The van der Waals surface area contributed by atoms with Crippen LogP contribution < -0.4 is 10.5 Å². The number of ether oxygens (including phenoxy) is 1. The third-order valence-electron chi connectivity index (χ3n) is 3.45. The van der Waals surface area contributed by atoms with Crippen molar-refractivity contribution in [1.29, 1.82) is 0 Å². The van der Waals surface area contributed by atoms with Crippen molar-refractivity contribution in [2.45, 2.75) is 18.9 Å². The molecule has 0 unspecified atom stereocenters. The molecule has 1 aliphatic heterocycles. The highest BCUT2D eigenvalue weighted by Gasteiger charge is 2.18. The minimum absolute atomic E-state index is 0. The van der Waals surface area contributed by atoms with Gasteiger partial charge in [0.1, 0.15) is 5.75 Å². The van der Waals surface area contributed by atoms with Crippen molar-refractivity contribution >= 4 is 40.3 Å². The largest absolute Gasteiger partial charge is 0.496 e. The summed E-state index contributed by atoms with van der Waals surface area (Å²) in [4.78, 5) is 13.9. The summed E-state index contributed by atoms with van der Waals surface area (Å²) in [6.07, 6.45) is 5.14. The van der Waals surface area contributed by atoms with Gasteiger partial charge in [-0.15, -0.1) is 12.4 Å². The molecule has 0 bridgehead atoms. The monoisotopic (exact) mass is 374 g/mol. The van der Waals surface area contributed by atoms with E-state index in [2.05, 4.69) is 15.9 Å². The fourth-order valence-electron chi connectivity index (χ4n) is 2.22. The molecule has 0 radical (unpaired) electrons. The minimum atomic E-state index is 0. The third-order valence-corrected chi connectivity index (χ3v) is 3.94. The molecule has 0 saturated carbocycles. The fourth-order valence-corrected chi connectivity index (χ4v) is 2.60. The van der Waals surface area contributed by atoms with Crippen molar-refractivity contribution in [2.75, 3.05) is 20.2 Å². The van der Waals surface area contributed by atoms with Gasteiger partial charge in [-0.1, -0.05) is 15.9 Å². The normalized spacial score (nSPS) is 15.9. The zero-order valence-electron chi connectivity index (χ0n) is 11.9. The number of piperidine rings is 1. The zero-order valence-corrected chi connectivity index (χ0v) is 14.3. The first-order chi connectivity index (χ1) is 9.60. The molecule has 0 atom stereocenters. The Morgan fingerprint density at radius 1 is 1.43 bits per heavy atom. The first kappa shape index (κ1) is 18.0. The van der Waals surface area contributed by atoms with Crippen LogP contribution in [0.3, 0.4) is 0 Å². The number of benzene rings is 1. The Balaban J connectivity index is 0.00000220. The number of nitrogens with two attached hydrogens (primary N) is 1. The topological polar surface area (TPSA) is 55.6 Å². The molecule has 0 aromatic heterocycles. The zero-order chi connectivity index (χ0) is 14.5. The van der Waals surface area contributed by atoms with E-state index in [1.54, 1.807) is 19.3 Å². The maximum atomic E-state index is 12.1. The predicted octanol–water partition coefficient (Wildman–Crippen LogP) is 2.84. The molecule has 0 aliphatic carbocycles. The summed E-state index contributed by atoms with van der Waals surface area (Å²) in [5, 5.41) is 0. The van der Waals surface area contributed by atoms with Gasteiger partial charge in [0.15, 0.2) is 0 Å². The Kier molecular flexibility index (Phi) is 7.22. The van der Waals surface area contributed by atoms with Crippen LogP contribution in [0.15, 0.2) is 28.7 Å². The molecule has 1 fully saturated rings. The average molecular weight is 376 g/mol. The summed E-state index contributed by atoms with van der Waals surface area (Å²) in [6.45, 7) is 1.47. The van der Waals surface area contributed by atoms with Crippen LogP contribution in [0.1, 0.15) is 18.4 Å². The molecular formula is C15H20BrClN2O2. The van der Waals surface area contributed by atoms with Crippen LogP contribution in [0.4, 0.5) is 0 Å². The molecule has 1 aliphatic rings. The molecular weight excluding hydrogens is 356 g/mol. The predicted molar refractivity (Wildman–Crippen MR) is 90.8 cm³/mol. The standard InChI is InChI=1S/C15H19BrN2O2.ClH/c1-20-14-4-3-12(16)10-11(14)2-5-15(19)18-8-6-13(17)7-9-18;/h2-5,10,13H,6-9,17H2,1H3;1H. The summed E-state index contributed by atoms with van der Waals surface area (Å²) in [5.41, 5.74) is 6.72. The van der Waals surface area contributed by atoms with Crippen LogP contribution >= 0.6 is 28.3 Å². The third kappa shape index (κ3) is 5.02. The summed E-state index contributed by atoms with van der Waals surface area (Å²) in [5.74, 6) is 0.775. The van der Waals surface area contributed by atoms with E-state index in [1.807, 2.05) is 23.1 Å². The number of nitrogens with zero attached hydrogens (tertiary/aromatic N) is 1. The Bertz CT molecular complexity index is 514. The SMILES string of the molecule is COc1ccc(Br)cc1C=CC(=O)N1CCC(N)CC1.Cl. The van der Waals surface area contributed by atoms with Gasteiger partial charge in [0, 0.05) is 35.2 Å². The van der Waals surface area contributed by atoms with Gasteiger partial charge in [-0.3, -0.25) is 4.79 Å². The number of amides is 1. The first-order valence-corrected chi connectivity index (χ1v) is 7.45. The van der Waals surface area contributed by atoms with Crippen molar-refractivity contribution in [1.82, 2.24) is 4.90 Å². The Morgan fingerprint density at radius 3 is 2.71 bits per heavy atom. The lowest BCUT2D eigenvalue weighted by Crippen LogP contribution is -2.42. The number of likely N-dealkylation sites (tertiary alicyclic amines) is 1. The van der Waals surface area contributed by atoms with Crippen molar-refractivity contribution in [2.24, 2.45) is 5.73 Å². The lowest BCUT2D eigenvalue weighted by atomic mass is 10.1. The molecule has 1 aromatic carbocycles. The van der Waals surface area contributed by atoms with Gasteiger partial charge in [0.2, 0.25) is 5.91 Å². The summed E-state index contributed by atoms with van der Waals surface area (Å²) in [7, 11) is 1.62. The number of carbonyl (C=O) groups excluding carboxylic acids is 1. The Hall–Kier alpha value is -1.04.